The van der Waals surface area contributed by atoms with Crippen LogP contribution in [0.2, 0.25) is 0 Å². The predicted octanol–water partition coefficient (Wildman–Crippen LogP) is 1.46. The number of hydrogen-bond acceptors (Lipinski definition) is 4. The van der Waals surface area contributed by atoms with Gasteiger partial charge in [0.05, 0.1) is 0 Å². The molecule has 0 spiro atoms. The lowest BCUT2D eigenvalue weighted by Crippen LogP contribution is -2.54. The predicted molar refractivity (Wildman–Crippen MR) is 92.3 cm³/mol. The van der Waals surface area contributed by atoms with E-state index < -0.39 is 11.3 Å². The molecule has 6 heteroatoms. The fraction of sp³-hybridized carbons (Fsp3) is 0.611. The van der Waals surface area contributed by atoms with Crippen LogP contribution in [0, 0.1) is 11.3 Å². The van der Waals surface area contributed by atoms with Crippen LogP contribution in [-0.2, 0) is 9.59 Å². The summed E-state index contributed by atoms with van der Waals surface area (Å²) in [6, 6.07) is 4.09. The number of aromatic nitrogens is 1. The van der Waals surface area contributed by atoms with Gasteiger partial charge in [-0.3, -0.25) is 14.6 Å². The van der Waals surface area contributed by atoms with E-state index in [2.05, 4.69) is 15.2 Å². The smallest absolute Gasteiger partial charge is 0.235 e. The molecule has 1 saturated heterocycles. The van der Waals surface area contributed by atoms with Crippen molar-refractivity contribution in [2.24, 2.45) is 17.1 Å². The number of carbonyl (C=O) groups is 2. The molecule has 1 aliphatic heterocycles. The number of carbonyl (C=O) groups excluding carboxylic acids is 2. The summed E-state index contributed by atoms with van der Waals surface area (Å²) < 4.78 is 0. The summed E-state index contributed by atoms with van der Waals surface area (Å²) in [5.41, 5.74) is 5.71. The summed E-state index contributed by atoms with van der Waals surface area (Å²) in [7, 11) is 0. The van der Waals surface area contributed by atoms with Crippen LogP contribution in [0.5, 0.6) is 0 Å². The second-order valence-corrected chi connectivity index (χ2v) is 6.98. The van der Waals surface area contributed by atoms with Gasteiger partial charge in [0.25, 0.3) is 0 Å². The Bertz CT molecular complexity index is 578. The van der Waals surface area contributed by atoms with E-state index in [9.17, 15) is 9.59 Å². The van der Waals surface area contributed by atoms with Crippen molar-refractivity contribution in [3.05, 3.63) is 24.5 Å². The van der Waals surface area contributed by atoms with Crippen molar-refractivity contribution in [3.63, 3.8) is 0 Å². The summed E-state index contributed by atoms with van der Waals surface area (Å²) in [4.78, 5) is 30.2. The molecule has 0 bridgehead atoms. The third-order valence-electron chi connectivity index (χ3n) is 5.59. The average molecular weight is 330 g/mol. The third kappa shape index (κ3) is 3.37. The molecule has 2 heterocycles. The van der Waals surface area contributed by atoms with Gasteiger partial charge in [-0.25, -0.2) is 0 Å². The molecule has 2 amide bonds. The number of nitrogens with two attached hydrogens (primary N) is 1. The number of hydrogen-bond donors (Lipinski definition) is 2. The van der Waals surface area contributed by atoms with Crippen molar-refractivity contribution in [1.29, 1.82) is 0 Å². The highest BCUT2D eigenvalue weighted by molar-refractivity contribution is 6.05. The van der Waals surface area contributed by atoms with Gasteiger partial charge in [0.15, 0.2) is 0 Å². The Kier molecular flexibility index (Phi) is 5.02. The first-order valence-corrected chi connectivity index (χ1v) is 8.85. The van der Waals surface area contributed by atoms with Crippen molar-refractivity contribution < 1.29 is 9.59 Å². The zero-order chi connectivity index (χ0) is 17.0. The third-order valence-corrected chi connectivity index (χ3v) is 5.59. The molecule has 0 atom stereocenters. The molecule has 3 rings (SSSR count). The topological polar surface area (TPSA) is 88.3 Å². The molecule has 0 aromatic carbocycles. The summed E-state index contributed by atoms with van der Waals surface area (Å²) >= 11 is 0. The van der Waals surface area contributed by atoms with Crippen LogP contribution in [0.15, 0.2) is 24.5 Å². The molecule has 1 aliphatic carbocycles. The number of amides is 2. The highest BCUT2D eigenvalue weighted by Gasteiger charge is 2.49. The van der Waals surface area contributed by atoms with Gasteiger partial charge in [-0.2, -0.15) is 0 Å². The minimum absolute atomic E-state index is 0.171. The van der Waals surface area contributed by atoms with Crippen molar-refractivity contribution >= 4 is 17.5 Å². The molecule has 1 aromatic rings. The Hall–Kier alpha value is -2.11. The van der Waals surface area contributed by atoms with Crippen molar-refractivity contribution in [2.45, 2.75) is 38.5 Å². The number of primary amides is 1. The Labute approximate surface area is 142 Å². The van der Waals surface area contributed by atoms with Crippen LogP contribution in [0.1, 0.15) is 38.5 Å². The summed E-state index contributed by atoms with van der Waals surface area (Å²) in [6.45, 7) is 2.70. The van der Waals surface area contributed by atoms with Gasteiger partial charge in [0.1, 0.15) is 5.41 Å². The van der Waals surface area contributed by atoms with Gasteiger partial charge in [-0.1, -0.05) is 6.42 Å². The zero-order valence-electron chi connectivity index (χ0n) is 14.0. The highest BCUT2D eigenvalue weighted by Crippen LogP contribution is 2.40. The number of anilines is 1. The van der Waals surface area contributed by atoms with E-state index in [4.69, 9.17) is 5.73 Å². The van der Waals surface area contributed by atoms with E-state index in [0.717, 1.165) is 38.8 Å². The molecule has 2 fully saturated rings. The number of pyridine rings is 1. The Morgan fingerprint density at radius 2 is 1.92 bits per heavy atom. The zero-order valence-corrected chi connectivity index (χ0v) is 14.0. The molecule has 130 valence electrons. The van der Waals surface area contributed by atoms with Gasteiger partial charge in [-0.05, 0) is 50.2 Å². The fourth-order valence-corrected chi connectivity index (χ4v) is 3.71. The lowest BCUT2D eigenvalue weighted by molar-refractivity contribution is -0.147. The van der Waals surface area contributed by atoms with Crippen molar-refractivity contribution in [1.82, 2.24) is 10.3 Å². The molecule has 0 unspecified atom stereocenters. The first-order chi connectivity index (χ1) is 11.6. The lowest BCUT2D eigenvalue weighted by atomic mass is 9.67. The summed E-state index contributed by atoms with van der Waals surface area (Å²) in [5.74, 6) is -0.0262. The standard InChI is InChI=1S/C18H26N4O2/c19-16(23)18(7-1-8-18)17(24)21-11-2-14-5-12-22(13-6-14)15-3-9-20-10-4-15/h3-4,9-10,14H,1-2,5-8,11-13H2,(H2,19,23)(H,21,24). The van der Waals surface area contributed by atoms with E-state index in [1.807, 2.05) is 24.5 Å². The fourth-order valence-electron chi connectivity index (χ4n) is 3.71. The minimum atomic E-state index is -0.926. The van der Waals surface area contributed by atoms with Crippen molar-refractivity contribution in [2.75, 3.05) is 24.5 Å². The Morgan fingerprint density at radius 1 is 1.25 bits per heavy atom. The quantitative estimate of drug-likeness (QED) is 0.773. The van der Waals surface area contributed by atoms with E-state index >= 15 is 0 Å². The molecule has 1 aromatic heterocycles. The summed E-state index contributed by atoms with van der Waals surface area (Å²) in [6.07, 6.45) is 8.96. The lowest BCUT2D eigenvalue weighted by Gasteiger charge is -2.37. The Balaban J connectivity index is 1.40. The molecule has 3 N–H and O–H groups in total. The first-order valence-electron chi connectivity index (χ1n) is 8.85. The maximum absolute atomic E-state index is 12.2. The van der Waals surface area contributed by atoms with Crippen LogP contribution >= 0.6 is 0 Å². The van der Waals surface area contributed by atoms with Crippen LogP contribution in [0.25, 0.3) is 0 Å². The number of nitrogens with zero attached hydrogens (tertiary/aromatic N) is 2. The van der Waals surface area contributed by atoms with Gasteiger partial charge < -0.3 is 16.0 Å². The number of nitrogens with one attached hydrogen (secondary N) is 1. The van der Waals surface area contributed by atoms with Gasteiger partial charge in [-0.15, -0.1) is 0 Å². The average Bonchev–Trinajstić information content (AvgIpc) is 2.55. The molecule has 0 radical (unpaired) electrons. The number of rotatable bonds is 6. The molecule has 24 heavy (non-hydrogen) atoms. The van der Waals surface area contributed by atoms with E-state index in [1.165, 1.54) is 5.69 Å². The highest BCUT2D eigenvalue weighted by atomic mass is 16.2. The summed E-state index contributed by atoms with van der Waals surface area (Å²) in [5, 5.41) is 2.94. The molecule has 6 nitrogen and oxygen atoms in total. The molecule has 1 saturated carbocycles. The van der Waals surface area contributed by atoms with Gasteiger partial charge in [0.2, 0.25) is 11.8 Å². The Morgan fingerprint density at radius 3 is 2.46 bits per heavy atom. The monoisotopic (exact) mass is 330 g/mol. The van der Waals surface area contributed by atoms with Crippen LogP contribution in [0.3, 0.4) is 0 Å². The maximum atomic E-state index is 12.2. The largest absolute Gasteiger partial charge is 0.371 e. The second-order valence-electron chi connectivity index (χ2n) is 6.98. The second kappa shape index (κ2) is 7.20. The first kappa shape index (κ1) is 16.7. The SMILES string of the molecule is NC(=O)C1(C(=O)NCCC2CCN(c3ccncc3)CC2)CCC1. The number of piperidine rings is 1. The van der Waals surface area contributed by atoms with Crippen LogP contribution < -0.4 is 16.0 Å². The van der Waals surface area contributed by atoms with E-state index in [-0.39, 0.29) is 5.91 Å². The van der Waals surface area contributed by atoms with Crippen LogP contribution in [0.4, 0.5) is 5.69 Å². The maximum Gasteiger partial charge on any atom is 0.235 e. The molecular formula is C18H26N4O2. The van der Waals surface area contributed by atoms with E-state index in [0.29, 0.717) is 25.3 Å². The minimum Gasteiger partial charge on any atom is -0.371 e. The normalized spacial score (nSPS) is 20.2. The van der Waals surface area contributed by atoms with Gasteiger partial charge >= 0.3 is 0 Å². The van der Waals surface area contributed by atoms with Crippen molar-refractivity contribution in [3.8, 4) is 0 Å². The van der Waals surface area contributed by atoms with Gasteiger partial charge in [0, 0.05) is 37.7 Å². The van der Waals surface area contributed by atoms with E-state index in [1.54, 1.807) is 0 Å². The molecular weight excluding hydrogens is 304 g/mol. The van der Waals surface area contributed by atoms with Crippen LogP contribution in [-0.4, -0.2) is 36.4 Å². The molecule has 2 aliphatic rings.